The highest BCUT2D eigenvalue weighted by Crippen LogP contribution is 2.50. The lowest BCUT2D eigenvalue weighted by atomic mass is 9.58. The number of likely N-dealkylation sites (N-methyl/N-ethyl adjacent to an activating group) is 7. The number of nitrogens with one attached hydrogen (secondary N) is 3. The van der Waals surface area contributed by atoms with E-state index >= 15 is 37.5 Å². The number of hydrogen-bond donors (Lipinski definition) is 3. The Morgan fingerprint density at radius 2 is 1.27 bits per heavy atom. The predicted octanol–water partition coefficient (Wildman–Crippen LogP) is 7.13. The normalized spacial score (nSPS) is 32.1. The van der Waals surface area contributed by atoms with Crippen molar-refractivity contribution in [3.8, 4) is 0 Å². The molecule has 0 aromatic carbocycles. The fourth-order valence-corrected chi connectivity index (χ4v) is 18.1. The zero-order valence-electron chi connectivity index (χ0n) is 66.6. The van der Waals surface area contributed by atoms with Crippen molar-refractivity contribution in [2.24, 2.45) is 40.9 Å². The molecule has 3 N–H and O–H groups in total. The maximum absolute atomic E-state index is 15.8. The number of halogens is 8. The van der Waals surface area contributed by atoms with Crippen molar-refractivity contribution < 1.29 is 97.4 Å². The van der Waals surface area contributed by atoms with Crippen LogP contribution in [0.5, 0.6) is 0 Å². The number of nitrogens with zero attached hydrogens (tertiary/aromatic N) is 9. The first kappa shape index (κ1) is 90.0. The third-order valence-electron chi connectivity index (χ3n) is 24.4. The summed E-state index contributed by atoms with van der Waals surface area (Å²) in [6.07, 6.45) is -13.4. The van der Waals surface area contributed by atoms with E-state index in [0.717, 1.165) is 29.4 Å². The topological polar surface area (TPSA) is 279 Å². The van der Waals surface area contributed by atoms with Crippen LogP contribution in [0, 0.1) is 40.9 Å². The number of fused-ring (bicyclic) bond motifs is 3. The van der Waals surface area contributed by atoms with Crippen LogP contribution in [0.3, 0.4) is 0 Å². The molecule has 2 bridgehead atoms. The number of hydrogen-bond acceptors (Lipinski definition) is 13. The zero-order chi connectivity index (χ0) is 82.0. The highest BCUT2D eigenvalue weighted by Gasteiger charge is 2.60. The first-order chi connectivity index (χ1) is 51.5. The van der Waals surface area contributed by atoms with Crippen molar-refractivity contribution in [3.63, 3.8) is 0 Å². The predicted molar refractivity (Wildman–Crippen MR) is 390 cm³/mol. The van der Waals surface area contributed by atoms with E-state index in [4.69, 9.17) is 4.74 Å². The summed E-state index contributed by atoms with van der Waals surface area (Å²) in [7, 11) is 9.53. The second kappa shape index (κ2) is 38.1. The highest BCUT2D eigenvalue weighted by atomic mass is 19.4. The first-order valence-electron chi connectivity index (χ1n) is 39.5. The summed E-state index contributed by atoms with van der Waals surface area (Å²) in [6, 6.07) is -11.4. The van der Waals surface area contributed by atoms with Gasteiger partial charge >= 0.3 is 12.4 Å². The fraction of sp³-hybridized carbons (Fsp3) is 0.818. The van der Waals surface area contributed by atoms with E-state index in [9.17, 15) is 55.1 Å². The quantitative estimate of drug-likeness (QED) is 0.115. The van der Waals surface area contributed by atoms with Crippen molar-refractivity contribution in [1.82, 2.24) is 60.0 Å². The molecule has 0 aromatic rings. The summed E-state index contributed by atoms with van der Waals surface area (Å²) in [5, 5.41) is 8.45. The maximum atomic E-state index is 15.8. The molecular formula is C77H120F8N12O13. The van der Waals surface area contributed by atoms with Gasteiger partial charge in [0, 0.05) is 82.0 Å². The van der Waals surface area contributed by atoms with Gasteiger partial charge < -0.3 is 64.8 Å². The zero-order valence-corrected chi connectivity index (χ0v) is 66.6. The first-order valence-corrected chi connectivity index (χ1v) is 39.5. The lowest BCUT2D eigenvalue weighted by Gasteiger charge is -2.54. The minimum atomic E-state index is -5.22. The summed E-state index contributed by atoms with van der Waals surface area (Å²) in [6.45, 7) is 10.6. The molecule has 3 heterocycles. The van der Waals surface area contributed by atoms with Crippen LogP contribution in [-0.2, 0) is 62.3 Å². The van der Waals surface area contributed by atoms with Gasteiger partial charge in [-0.1, -0.05) is 73.0 Å². The van der Waals surface area contributed by atoms with Crippen molar-refractivity contribution in [1.29, 1.82) is 0 Å². The van der Waals surface area contributed by atoms with Crippen molar-refractivity contribution in [3.05, 3.63) is 12.2 Å². The lowest BCUT2D eigenvalue weighted by molar-refractivity contribution is -0.219. The summed E-state index contributed by atoms with van der Waals surface area (Å²) < 4.78 is 122. The standard InChI is InChI=1S/C77H120F8N12O13/c1-15-33-89(8)68(104)57-39-60(99)92(11)54(17-3)65(101)87-63(45(5)16-2)71(107)91(10)42-61(100)93(12)55-26-20-19-23-34-96(70(55)106)58(37-46-27-30-49(31-28-46)76(80,81)82)69(105)90(9)41-59(98)86-53(32-29-47-35-51(78)62(52(79)36-47)77(83,84)85)67(103)97-40-50(110-18-4)38-56(97)66(102)88-75(43-74(6,7)44-75)73(109)95(14)64(72(108)94(57)13)48-24-21-22-25-48/h19-20,45-58,62-64H,15-18,21-44H2,1-14H3,(H,86,98)(H,87,101)(H,88,102)/b20-19-/t45-,46?,47?,49?,50+,51?,52?,53-,54-,55-,56-,57-,58-,62?,63-,64-/m0/s1. The molecule has 3 aliphatic heterocycles. The molecule has 2 unspecified atom stereocenters. The van der Waals surface area contributed by atoms with Crippen LogP contribution in [0.2, 0.25) is 0 Å². The highest BCUT2D eigenvalue weighted by molar-refractivity contribution is 6.01. The maximum Gasteiger partial charge on any atom is 0.397 e. The molecule has 12 amide bonds. The van der Waals surface area contributed by atoms with E-state index in [1.807, 2.05) is 20.8 Å². The van der Waals surface area contributed by atoms with Gasteiger partial charge in [-0.2, -0.15) is 26.3 Å². The third-order valence-corrected chi connectivity index (χ3v) is 24.4. The van der Waals surface area contributed by atoms with E-state index in [1.54, 1.807) is 39.8 Å². The van der Waals surface area contributed by atoms with Crippen LogP contribution >= 0.6 is 0 Å². The number of carbonyl (C=O) groups is 12. The molecule has 7 rings (SSSR count). The van der Waals surface area contributed by atoms with Gasteiger partial charge in [-0.25, -0.2) is 8.78 Å². The van der Waals surface area contributed by atoms with Crippen molar-refractivity contribution in [2.45, 2.75) is 274 Å². The van der Waals surface area contributed by atoms with E-state index in [1.165, 1.54) is 64.0 Å². The van der Waals surface area contributed by atoms with Crippen LogP contribution in [-0.4, -0.2) is 288 Å². The van der Waals surface area contributed by atoms with Crippen LogP contribution in [0.15, 0.2) is 12.2 Å². The number of alkyl halides is 8. The molecule has 6 fully saturated rings. The number of carbonyl (C=O) groups excluding carboxylic acids is 12. The SMILES string of the molecule is CCCN(C)C(=O)[C@@H]1CC(=O)N(C)[C@@H](CC)C(=O)N[C@@H]([C@@H](C)CC)C(=O)N(C)CC(=O)N(C)[C@H]2C/C=C\CCN(C2=O)[C@@H](CC2CCC(C(F)(F)F)CC2)C(=O)N(C)CC(=O)N[C@@H](CCC2CC(F)C(C(F)(F)F)C(F)C2)C(=O)N2C[C@H](OCC)C[C@H]2C(=O)NC2(CC(C)(C)C2)C(=O)N(C)[C@@H](C2CCCC2)C(=O)N1C. The van der Waals surface area contributed by atoms with Gasteiger partial charge in [0.15, 0.2) is 0 Å². The lowest BCUT2D eigenvalue weighted by Crippen LogP contribution is -2.71. The summed E-state index contributed by atoms with van der Waals surface area (Å²) in [5.41, 5.74) is -2.37. The third kappa shape index (κ3) is 21.5. The Morgan fingerprint density at radius 1 is 0.655 bits per heavy atom. The summed E-state index contributed by atoms with van der Waals surface area (Å²) in [4.78, 5) is 192. The summed E-state index contributed by atoms with van der Waals surface area (Å²) >= 11 is 0. The molecular weight excluding hydrogens is 1450 g/mol. The Bertz CT molecular complexity index is 3300. The smallest absolute Gasteiger partial charge is 0.377 e. The number of amides is 12. The molecule has 0 radical (unpaired) electrons. The molecule has 33 heteroatoms. The molecule has 0 aromatic heterocycles. The van der Waals surface area contributed by atoms with E-state index in [0.29, 0.717) is 38.5 Å². The van der Waals surface area contributed by atoms with Gasteiger partial charge in [-0.15, -0.1) is 0 Å². The van der Waals surface area contributed by atoms with Crippen LogP contribution in [0.4, 0.5) is 35.1 Å². The van der Waals surface area contributed by atoms with Crippen molar-refractivity contribution >= 4 is 70.9 Å². The van der Waals surface area contributed by atoms with Crippen molar-refractivity contribution in [2.75, 3.05) is 88.7 Å². The summed E-state index contributed by atoms with van der Waals surface area (Å²) in [5.74, 6) is -16.8. The fourth-order valence-electron chi connectivity index (χ4n) is 18.1. The Labute approximate surface area is 642 Å². The van der Waals surface area contributed by atoms with Crippen LogP contribution in [0.1, 0.15) is 190 Å². The second-order valence-corrected chi connectivity index (χ2v) is 33.1. The molecule has 7 aliphatic rings. The van der Waals surface area contributed by atoms with E-state index in [2.05, 4.69) is 16.0 Å². The molecule has 2 saturated heterocycles. The number of rotatable bonds is 14. The molecule has 4 aliphatic carbocycles. The van der Waals surface area contributed by atoms with Gasteiger partial charge in [0.1, 0.15) is 72.1 Å². The molecule has 1 spiro atoms. The van der Waals surface area contributed by atoms with E-state index in [-0.39, 0.29) is 103 Å². The van der Waals surface area contributed by atoms with Crippen LogP contribution in [0.25, 0.3) is 0 Å². The Balaban J connectivity index is 1.34. The monoisotopic (exact) mass is 1570 g/mol. The molecule has 25 nitrogen and oxygen atoms in total. The van der Waals surface area contributed by atoms with Gasteiger partial charge in [0.2, 0.25) is 70.9 Å². The van der Waals surface area contributed by atoms with Gasteiger partial charge in [0.05, 0.1) is 31.5 Å². The van der Waals surface area contributed by atoms with Gasteiger partial charge in [-0.3, -0.25) is 57.5 Å². The second-order valence-electron chi connectivity index (χ2n) is 33.1. The largest absolute Gasteiger partial charge is 0.397 e. The van der Waals surface area contributed by atoms with Gasteiger partial charge in [0.25, 0.3) is 0 Å². The Kier molecular flexibility index (Phi) is 31.1. The molecule has 4 saturated carbocycles. The van der Waals surface area contributed by atoms with E-state index < -0.39 is 235 Å². The minimum Gasteiger partial charge on any atom is -0.377 e. The average Bonchev–Trinajstić information content (AvgIpc) is 1.29. The minimum absolute atomic E-state index is 0.00376. The Morgan fingerprint density at radius 3 is 1.84 bits per heavy atom. The molecule has 110 heavy (non-hydrogen) atoms. The number of ether oxygens (including phenoxy) is 1. The molecule has 622 valence electrons. The van der Waals surface area contributed by atoms with Crippen LogP contribution < -0.4 is 16.0 Å². The van der Waals surface area contributed by atoms with Gasteiger partial charge in [-0.05, 0) is 145 Å². The Hall–Kier alpha value is -7.22. The average molecular weight is 1570 g/mol. The molecule has 12 atom stereocenters.